The number of carboxylic acid groups (broad SMARTS) is 1. The van der Waals surface area contributed by atoms with Crippen molar-refractivity contribution in [2.45, 2.75) is 20.3 Å². The Kier molecular flexibility index (Phi) is 5.23. The molecule has 0 saturated heterocycles. The molecule has 1 aromatic rings. The highest BCUT2D eigenvalue weighted by Gasteiger charge is 2.09. The number of rotatable bonds is 5. The molecule has 1 aromatic carbocycles. The van der Waals surface area contributed by atoms with E-state index in [1.54, 1.807) is 19.2 Å². The fourth-order valence-electron chi connectivity index (χ4n) is 1.72. The molecule has 0 amide bonds. The number of hydrogen-bond donors (Lipinski definition) is 1. The summed E-state index contributed by atoms with van der Waals surface area (Å²) in [7, 11) is 1.54. The van der Waals surface area contributed by atoms with Gasteiger partial charge in [0.15, 0.2) is 0 Å². The molecule has 18 heavy (non-hydrogen) atoms. The number of carbonyl (C=O) groups is 1. The third-order valence-electron chi connectivity index (χ3n) is 2.45. The van der Waals surface area contributed by atoms with Crippen LogP contribution in [0, 0.1) is 5.92 Å². The van der Waals surface area contributed by atoms with Gasteiger partial charge in [0, 0.05) is 6.08 Å². The quantitative estimate of drug-likeness (QED) is 0.825. The summed E-state index contributed by atoms with van der Waals surface area (Å²) in [6, 6.07) is 5.30. The fraction of sp³-hybridized carbons (Fsp3) is 0.357. The minimum Gasteiger partial charge on any atom is -0.495 e. The summed E-state index contributed by atoms with van der Waals surface area (Å²) in [5, 5.41) is 9.38. The molecular formula is C14H17ClO3. The molecule has 4 heteroatoms. The maximum atomic E-state index is 10.8. The van der Waals surface area contributed by atoms with Crippen molar-refractivity contribution in [1.29, 1.82) is 0 Å². The number of benzene rings is 1. The van der Waals surface area contributed by atoms with E-state index in [0.29, 0.717) is 23.1 Å². The van der Waals surface area contributed by atoms with Crippen molar-refractivity contribution in [3.63, 3.8) is 0 Å². The molecule has 0 aliphatic rings. The highest BCUT2D eigenvalue weighted by Crippen LogP contribution is 2.30. The second-order valence-corrected chi connectivity index (χ2v) is 4.86. The maximum absolute atomic E-state index is 10.8. The van der Waals surface area contributed by atoms with Gasteiger partial charge in [-0.1, -0.05) is 31.5 Å². The van der Waals surface area contributed by atoms with Gasteiger partial charge in [0.2, 0.25) is 0 Å². The van der Waals surface area contributed by atoms with E-state index in [-0.39, 0.29) is 0 Å². The molecule has 98 valence electrons. The van der Waals surface area contributed by atoms with Crippen molar-refractivity contribution in [3.05, 3.63) is 34.9 Å². The van der Waals surface area contributed by atoms with Crippen LogP contribution in [0.5, 0.6) is 5.75 Å². The molecule has 1 rings (SSSR count). The summed E-state index contributed by atoms with van der Waals surface area (Å²) in [5.41, 5.74) is 1.58. The van der Waals surface area contributed by atoms with Gasteiger partial charge in [-0.2, -0.15) is 0 Å². The average Bonchev–Trinajstić information content (AvgIpc) is 2.26. The molecule has 0 heterocycles. The van der Waals surface area contributed by atoms with Crippen LogP contribution in [0.2, 0.25) is 5.02 Å². The molecular weight excluding hydrogens is 252 g/mol. The van der Waals surface area contributed by atoms with Crippen LogP contribution in [0.25, 0.3) is 5.57 Å². The number of methoxy groups -OCH3 is 1. The second kappa shape index (κ2) is 6.45. The summed E-state index contributed by atoms with van der Waals surface area (Å²) in [4.78, 5) is 10.8. The molecule has 0 unspecified atom stereocenters. The summed E-state index contributed by atoms with van der Waals surface area (Å²) in [5.74, 6) is 0.00806. The third-order valence-corrected chi connectivity index (χ3v) is 2.74. The van der Waals surface area contributed by atoms with E-state index in [9.17, 15) is 4.79 Å². The lowest BCUT2D eigenvalue weighted by Gasteiger charge is -2.11. The van der Waals surface area contributed by atoms with Crippen LogP contribution in [0.3, 0.4) is 0 Å². The van der Waals surface area contributed by atoms with Gasteiger partial charge in [0.1, 0.15) is 5.75 Å². The topological polar surface area (TPSA) is 46.5 Å². The monoisotopic (exact) mass is 268 g/mol. The minimum atomic E-state index is -0.947. The number of aliphatic carboxylic acids is 1. The van der Waals surface area contributed by atoms with Crippen LogP contribution in [0.15, 0.2) is 24.3 Å². The normalized spacial score (nSPS) is 11.7. The van der Waals surface area contributed by atoms with Crippen molar-refractivity contribution in [3.8, 4) is 5.75 Å². The number of hydrogen-bond acceptors (Lipinski definition) is 2. The van der Waals surface area contributed by atoms with E-state index < -0.39 is 5.97 Å². The van der Waals surface area contributed by atoms with Crippen molar-refractivity contribution < 1.29 is 14.6 Å². The van der Waals surface area contributed by atoms with E-state index in [2.05, 4.69) is 0 Å². The molecule has 0 saturated carbocycles. The predicted molar refractivity (Wildman–Crippen MR) is 73.1 cm³/mol. The Morgan fingerprint density at radius 3 is 2.61 bits per heavy atom. The third kappa shape index (κ3) is 4.08. The lowest BCUT2D eigenvalue weighted by atomic mass is 9.96. The number of ether oxygens (including phenoxy) is 1. The van der Waals surface area contributed by atoms with Crippen LogP contribution >= 0.6 is 11.6 Å². The first kappa shape index (κ1) is 14.6. The van der Waals surface area contributed by atoms with Crippen molar-refractivity contribution in [2.75, 3.05) is 7.11 Å². The molecule has 1 N–H and O–H groups in total. The van der Waals surface area contributed by atoms with Crippen molar-refractivity contribution in [1.82, 2.24) is 0 Å². The van der Waals surface area contributed by atoms with Crippen molar-refractivity contribution >= 4 is 23.1 Å². The predicted octanol–water partition coefficient (Wildman–Crippen LogP) is 3.86. The van der Waals surface area contributed by atoms with Crippen molar-refractivity contribution in [2.24, 2.45) is 5.92 Å². The van der Waals surface area contributed by atoms with Crippen LogP contribution < -0.4 is 4.74 Å². The van der Waals surface area contributed by atoms with E-state index in [0.717, 1.165) is 11.1 Å². The van der Waals surface area contributed by atoms with Gasteiger partial charge in [-0.05, 0) is 35.6 Å². The van der Waals surface area contributed by atoms with Gasteiger partial charge in [-0.15, -0.1) is 0 Å². The van der Waals surface area contributed by atoms with Gasteiger partial charge < -0.3 is 9.84 Å². The molecule has 0 bridgehead atoms. The highest BCUT2D eigenvalue weighted by molar-refractivity contribution is 6.32. The number of halogens is 1. The van der Waals surface area contributed by atoms with Crippen LogP contribution in [-0.2, 0) is 4.79 Å². The molecule has 3 nitrogen and oxygen atoms in total. The Bertz CT molecular complexity index is 464. The Balaban J connectivity index is 3.13. The first-order chi connectivity index (χ1) is 8.43. The SMILES string of the molecule is COc1ccc(/C(=C/C(=O)O)CC(C)C)cc1Cl. The zero-order valence-corrected chi connectivity index (χ0v) is 11.5. The number of allylic oxidation sites excluding steroid dienone is 1. The maximum Gasteiger partial charge on any atom is 0.328 e. The Hall–Kier alpha value is -1.48. The van der Waals surface area contributed by atoms with Gasteiger partial charge in [0.25, 0.3) is 0 Å². The summed E-state index contributed by atoms with van der Waals surface area (Å²) in [6.07, 6.45) is 1.92. The van der Waals surface area contributed by atoms with Crippen LogP contribution in [0.4, 0.5) is 0 Å². The smallest absolute Gasteiger partial charge is 0.328 e. The largest absolute Gasteiger partial charge is 0.495 e. The Labute approximate surface area is 112 Å². The molecule has 0 aliphatic heterocycles. The molecule has 0 spiro atoms. The Morgan fingerprint density at radius 2 is 2.17 bits per heavy atom. The average molecular weight is 269 g/mol. The van der Waals surface area contributed by atoms with Gasteiger partial charge >= 0.3 is 5.97 Å². The van der Waals surface area contributed by atoms with E-state index in [1.807, 2.05) is 19.9 Å². The fourth-order valence-corrected chi connectivity index (χ4v) is 1.97. The molecule has 0 aliphatic carbocycles. The summed E-state index contributed by atoms with van der Waals surface area (Å²) in [6.45, 7) is 4.08. The standard InChI is InChI=1S/C14H17ClO3/c1-9(2)6-11(8-14(16)17)10-4-5-13(18-3)12(15)7-10/h4-5,7-9H,6H2,1-3H3,(H,16,17)/b11-8+. The second-order valence-electron chi connectivity index (χ2n) is 4.46. The first-order valence-electron chi connectivity index (χ1n) is 5.71. The minimum absolute atomic E-state index is 0.372. The molecule has 0 aromatic heterocycles. The molecule has 0 atom stereocenters. The van der Waals surface area contributed by atoms with E-state index in [4.69, 9.17) is 21.4 Å². The zero-order valence-electron chi connectivity index (χ0n) is 10.7. The summed E-state index contributed by atoms with van der Waals surface area (Å²) >= 11 is 6.05. The Morgan fingerprint density at radius 1 is 1.50 bits per heavy atom. The lowest BCUT2D eigenvalue weighted by Crippen LogP contribution is -1.97. The number of carboxylic acids is 1. The lowest BCUT2D eigenvalue weighted by molar-refractivity contribution is -0.131. The van der Waals surface area contributed by atoms with E-state index in [1.165, 1.54) is 6.08 Å². The van der Waals surface area contributed by atoms with Gasteiger partial charge in [-0.3, -0.25) is 0 Å². The van der Waals surface area contributed by atoms with Gasteiger partial charge in [-0.25, -0.2) is 4.79 Å². The van der Waals surface area contributed by atoms with Crippen LogP contribution in [-0.4, -0.2) is 18.2 Å². The van der Waals surface area contributed by atoms with Gasteiger partial charge in [0.05, 0.1) is 12.1 Å². The highest BCUT2D eigenvalue weighted by atomic mass is 35.5. The van der Waals surface area contributed by atoms with Crippen LogP contribution in [0.1, 0.15) is 25.8 Å². The molecule has 0 radical (unpaired) electrons. The first-order valence-corrected chi connectivity index (χ1v) is 6.09. The van der Waals surface area contributed by atoms with E-state index >= 15 is 0 Å². The zero-order chi connectivity index (χ0) is 13.7. The summed E-state index contributed by atoms with van der Waals surface area (Å²) < 4.78 is 5.07. The molecule has 0 fully saturated rings.